The molecule has 0 saturated carbocycles. The summed E-state index contributed by atoms with van der Waals surface area (Å²) in [5.41, 5.74) is 7.07. The number of rotatable bonds is 2. The van der Waals surface area contributed by atoms with Gasteiger partial charge in [0.2, 0.25) is 0 Å². The van der Waals surface area contributed by atoms with Crippen molar-refractivity contribution in [1.29, 1.82) is 0 Å². The van der Waals surface area contributed by atoms with Crippen LogP contribution in [0.4, 0.5) is 5.69 Å². The van der Waals surface area contributed by atoms with Crippen LogP contribution >= 0.6 is 15.9 Å². The lowest BCUT2D eigenvalue weighted by molar-refractivity contribution is 0.374. The van der Waals surface area contributed by atoms with Crippen molar-refractivity contribution in [3.05, 3.63) is 16.1 Å². The third-order valence-electron chi connectivity index (χ3n) is 2.11. The lowest BCUT2D eigenvalue weighted by atomic mass is 10.0. The van der Waals surface area contributed by atoms with Gasteiger partial charge in [0.25, 0.3) is 0 Å². The highest BCUT2D eigenvalue weighted by molar-refractivity contribution is 9.10. The number of aromatic hydroxyl groups is 1. The molecule has 78 valence electrons. The second-order valence-corrected chi connectivity index (χ2v) is 4.19. The zero-order chi connectivity index (χ0) is 10.9. The highest BCUT2D eigenvalue weighted by Gasteiger charge is 2.15. The maximum atomic E-state index is 9.60. The van der Waals surface area contributed by atoms with E-state index in [4.69, 9.17) is 10.5 Å². The molecule has 0 spiro atoms. The van der Waals surface area contributed by atoms with Gasteiger partial charge in [0, 0.05) is 4.47 Å². The van der Waals surface area contributed by atoms with Gasteiger partial charge in [-0.1, -0.05) is 13.8 Å². The fourth-order valence-electron chi connectivity index (χ4n) is 1.24. The third kappa shape index (κ3) is 1.80. The van der Waals surface area contributed by atoms with Crippen molar-refractivity contribution in [2.24, 2.45) is 0 Å². The van der Waals surface area contributed by atoms with E-state index < -0.39 is 0 Å². The van der Waals surface area contributed by atoms with E-state index in [2.05, 4.69) is 29.8 Å². The van der Waals surface area contributed by atoms with Gasteiger partial charge in [-0.3, -0.25) is 0 Å². The van der Waals surface area contributed by atoms with Crippen LogP contribution in [0.15, 0.2) is 10.5 Å². The topological polar surface area (TPSA) is 55.5 Å². The normalized spacial score (nSPS) is 10.6. The van der Waals surface area contributed by atoms with Gasteiger partial charge in [-0.05, 0) is 33.5 Å². The monoisotopic (exact) mass is 259 g/mol. The van der Waals surface area contributed by atoms with Crippen molar-refractivity contribution < 1.29 is 9.84 Å². The summed E-state index contributed by atoms with van der Waals surface area (Å²) in [6.45, 7) is 4.10. The lowest BCUT2D eigenvalue weighted by Gasteiger charge is -2.14. The first-order chi connectivity index (χ1) is 6.49. The van der Waals surface area contributed by atoms with Crippen LogP contribution in [-0.4, -0.2) is 12.2 Å². The van der Waals surface area contributed by atoms with Gasteiger partial charge in [0.05, 0.1) is 12.8 Å². The third-order valence-corrected chi connectivity index (χ3v) is 2.99. The number of nitrogens with two attached hydrogens (primary N) is 1. The number of ether oxygens (including phenoxy) is 1. The molecule has 0 radical (unpaired) electrons. The van der Waals surface area contributed by atoms with E-state index in [1.165, 1.54) is 7.11 Å². The van der Waals surface area contributed by atoms with E-state index in [-0.39, 0.29) is 5.75 Å². The Morgan fingerprint density at radius 1 is 1.50 bits per heavy atom. The molecule has 0 amide bonds. The Bertz CT molecular complexity index is 350. The smallest absolute Gasteiger partial charge is 0.182 e. The number of phenolic OH excluding ortho intramolecular Hbond substituents is 1. The Morgan fingerprint density at radius 3 is 2.50 bits per heavy atom. The number of phenols is 1. The lowest BCUT2D eigenvalue weighted by Crippen LogP contribution is -1.98. The first-order valence-electron chi connectivity index (χ1n) is 4.33. The standard InChI is InChI=1S/C10H14BrNO2/c1-5(2)6-4-7(14-3)10(13)9(12)8(6)11/h4-5,13H,12H2,1-3H3. The van der Waals surface area contributed by atoms with Crippen molar-refractivity contribution in [3.63, 3.8) is 0 Å². The Morgan fingerprint density at radius 2 is 2.07 bits per heavy atom. The van der Waals surface area contributed by atoms with Crippen molar-refractivity contribution in [1.82, 2.24) is 0 Å². The van der Waals surface area contributed by atoms with Gasteiger partial charge < -0.3 is 15.6 Å². The van der Waals surface area contributed by atoms with Gasteiger partial charge in [0.1, 0.15) is 0 Å². The minimum absolute atomic E-state index is 0.0104. The van der Waals surface area contributed by atoms with E-state index in [0.717, 1.165) is 10.0 Å². The van der Waals surface area contributed by atoms with Crippen molar-refractivity contribution in [2.75, 3.05) is 12.8 Å². The molecule has 1 aromatic rings. The van der Waals surface area contributed by atoms with E-state index in [1.807, 2.05) is 0 Å². The summed E-state index contributed by atoms with van der Waals surface area (Å²) in [7, 11) is 1.51. The molecule has 0 aromatic heterocycles. The minimum atomic E-state index is -0.0104. The number of methoxy groups -OCH3 is 1. The second kappa shape index (κ2) is 4.09. The van der Waals surface area contributed by atoms with E-state index in [9.17, 15) is 5.11 Å². The highest BCUT2D eigenvalue weighted by atomic mass is 79.9. The van der Waals surface area contributed by atoms with Crippen LogP contribution in [0, 0.1) is 0 Å². The molecule has 1 rings (SSSR count). The first-order valence-corrected chi connectivity index (χ1v) is 5.13. The molecule has 3 N–H and O–H groups in total. The zero-order valence-electron chi connectivity index (χ0n) is 8.47. The summed E-state index contributed by atoms with van der Waals surface area (Å²) in [5, 5.41) is 9.60. The van der Waals surface area contributed by atoms with Gasteiger partial charge in [-0.25, -0.2) is 0 Å². The summed E-state index contributed by atoms with van der Waals surface area (Å²) in [6.07, 6.45) is 0. The Labute approximate surface area is 92.0 Å². The van der Waals surface area contributed by atoms with Crippen LogP contribution in [-0.2, 0) is 0 Å². The summed E-state index contributed by atoms with van der Waals surface area (Å²) in [5.74, 6) is 0.722. The predicted molar refractivity (Wildman–Crippen MR) is 60.9 cm³/mol. The fraction of sp³-hybridized carbons (Fsp3) is 0.400. The average Bonchev–Trinajstić information content (AvgIpc) is 2.14. The van der Waals surface area contributed by atoms with Gasteiger partial charge in [0.15, 0.2) is 11.5 Å². The molecule has 0 fully saturated rings. The Kier molecular flexibility index (Phi) is 3.26. The molecular weight excluding hydrogens is 246 g/mol. The van der Waals surface area contributed by atoms with Gasteiger partial charge >= 0.3 is 0 Å². The largest absolute Gasteiger partial charge is 0.503 e. The maximum absolute atomic E-state index is 9.60. The number of nitrogen functional groups attached to an aromatic ring is 1. The molecule has 0 unspecified atom stereocenters. The number of hydrogen-bond acceptors (Lipinski definition) is 3. The fourth-order valence-corrected chi connectivity index (χ4v) is 2.00. The van der Waals surface area contributed by atoms with Crippen LogP contribution in [0.1, 0.15) is 25.3 Å². The summed E-state index contributed by atoms with van der Waals surface area (Å²) in [4.78, 5) is 0. The summed E-state index contributed by atoms with van der Waals surface area (Å²) >= 11 is 3.35. The molecule has 3 nitrogen and oxygen atoms in total. The molecule has 0 heterocycles. The number of anilines is 1. The molecule has 0 aliphatic rings. The van der Waals surface area contributed by atoms with Crippen LogP contribution in [0.25, 0.3) is 0 Å². The van der Waals surface area contributed by atoms with E-state index >= 15 is 0 Å². The molecule has 0 saturated heterocycles. The molecule has 1 aromatic carbocycles. The summed E-state index contributed by atoms with van der Waals surface area (Å²) < 4.78 is 5.76. The van der Waals surface area contributed by atoms with Crippen LogP contribution < -0.4 is 10.5 Å². The van der Waals surface area contributed by atoms with Crippen LogP contribution in [0.3, 0.4) is 0 Å². The molecule has 0 bridgehead atoms. The van der Waals surface area contributed by atoms with Gasteiger partial charge in [-0.15, -0.1) is 0 Å². The molecule has 4 heteroatoms. The Hall–Kier alpha value is -0.900. The number of hydrogen-bond donors (Lipinski definition) is 2. The quantitative estimate of drug-likeness (QED) is 0.635. The molecule has 14 heavy (non-hydrogen) atoms. The van der Waals surface area contributed by atoms with Crippen molar-refractivity contribution >= 4 is 21.6 Å². The number of benzene rings is 1. The maximum Gasteiger partial charge on any atom is 0.182 e. The predicted octanol–water partition coefficient (Wildman–Crippen LogP) is 2.87. The van der Waals surface area contributed by atoms with Crippen LogP contribution in [0.5, 0.6) is 11.5 Å². The van der Waals surface area contributed by atoms with Crippen molar-refractivity contribution in [2.45, 2.75) is 19.8 Å². The number of halogens is 1. The summed E-state index contributed by atoms with van der Waals surface area (Å²) in [6, 6.07) is 1.79. The SMILES string of the molecule is COc1cc(C(C)C)c(Br)c(N)c1O. The van der Waals surface area contributed by atoms with Crippen molar-refractivity contribution in [3.8, 4) is 11.5 Å². The van der Waals surface area contributed by atoms with Crippen LogP contribution in [0.2, 0.25) is 0 Å². The second-order valence-electron chi connectivity index (χ2n) is 3.40. The first kappa shape index (κ1) is 11.2. The molecular formula is C10H14BrNO2. The zero-order valence-corrected chi connectivity index (χ0v) is 10.1. The molecule has 0 aliphatic heterocycles. The highest BCUT2D eigenvalue weighted by Crippen LogP contribution is 2.42. The van der Waals surface area contributed by atoms with E-state index in [0.29, 0.717) is 17.4 Å². The molecule has 0 aliphatic carbocycles. The minimum Gasteiger partial charge on any atom is -0.503 e. The van der Waals surface area contributed by atoms with Gasteiger partial charge in [-0.2, -0.15) is 0 Å². The Balaban J connectivity index is 3.40. The molecule has 0 atom stereocenters. The van der Waals surface area contributed by atoms with E-state index in [1.54, 1.807) is 6.07 Å². The average molecular weight is 260 g/mol.